The molecule has 1 aliphatic carbocycles. The van der Waals surface area contributed by atoms with Crippen LogP contribution in [0.25, 0.3) is 0 Å². The van der Waals surface area contributed by atoms with Gasteiger partial charge in [0.2, 0.25) is 0 Å². The number of nitrogens with zero attached hydrogens (tertiary/aromatic N) is 4. The molecule has 0 unspecified atom stereocenters. The van der Waals surface area contributed by atoms with Gasteiger partial charge in [0.15, 0.2) is 5.69 Å². The number of pyridine rings is 1. The molecular formula is C28H25Cl2F7N4O3. The van der Waals surface area contributed by atoms with Gasteiger partial charge in [-0.05, 0) is 50.3 Å². The summed E-state index contributed by atoms with van der Waals surface area (Å²) in [6.45, 7) is -0.693. The van der Waals surface area contributed by atoms with Crippen LogP contribution in [-0.2, 0) is 28.2 Å². The minimum atomic E-state index is -5.16. The monoisotopic (exact) mass is 668 g/mol. The van der Waals surface area contributed by atoms with E-state index in [2.05, 4.69) is 10.1 Å². The normalized spacial score (nSPS) is 17.4. The zero-order chi connectivity index (χ0) is 32.4. The molecule has 1 amide bonds. The molecule has 0 spiro atoms. The molecule has 2 heterocycles. The van der Waals surface area contributed by atoms with E-state index in [1.54, 1.807) is 6.92 Å². The van der Waals surface area contributed by atoms with E-state index in [-0.39, 0.29) is 37.9 Å². The van der Waals surface area contributed by atoms with Crippen LogP contribution in [0.2, 0.25) is 10.0 Å². The summed E-state index contributed by atoms with van der Waals surface area (Å²) in [5.74, 6) is -8.73. The first-order chi connectivity index (χ1) is 20.6. The minimum Gasteiger partial charge on any atom is -0.466 e. The smallest absolute Gasteiger partial charge is 0.433 e. The van der Waals surface area contributed by atoms with E-state index in [9.17, 15) is 31.5 Å². The van der Waals surface area contributed by atoms with Gasteiger partial charge in [-0.2, -0.15) is 27.1 Å². The Morgan fingerprint density at radius 1 is 0.977 bits per heavy atom. The molecule has 2 aromatic heterocycles. The highest BCUT2D eigenvalue weighted by molar-refractivity contribution is 6.35. The van der Waals surface area contributed by atoms with Gasteiger partial charge in [0.05, 0.1) is 52.5 Å². The number of rotatable bonds is 9. The Labute approximate surface area is 256 Å². The van der Waals surface area contributed by atoms with Crippen molar-refractivity contribution >= 4 is 35.1 Å². The van der Waals surface area contributed by atoms with Crippen LogP contribution < -0.4 is 0 Å². The molecule has 44 heavy (non-hydrogen) atoms. The summed E-state index contributed by atoms with van der Waals surface area (Å²) in [5, 5.41) is 2.66. The lowest BCUT2D eigenvalue weighted by molar-refractivity contribution is -0.151. The first-order valence-corrected chi connectivity index (χ1v) is 14.1. The van der Waals surface area contributed by atoms with Crippen molar-refractivity contribution in [3.8, 4) is 0 Å². The second-order valence-electron chi connectivity index (χ2n) is 10.2. The average molecular weight is 669 g/mol. The highest BCUT2D eigenvalue weighted by atomic mass is 35.5. The Bertz CT molecular complexity index is 1480. The Balaban J connectivity index is 1.72. The van der Waals surface area contributed by atoms with E-state index < -0.39 is 87.5 Å². The molecule has 0 aliphatic heterocycles. The van der Waals surface area contributed by atoms with Crippen LogP contribution in [0, 0.1) is 17.6 Å². The zero-order valence-electron chi connectivity index (χ0n) is 23.0. The summed E-state index contributed by atoms with van der Waals surface area (Å²) in [5.41, 5.74) is -3.79. The number of carbonyl (C=O) groups is 2. The summed E-state index contributed by atoms with van der Waals surface area (Å²) in [4.78, 5) is 29.7. The largest absolute Gasteiger partial charge is 0.466 e. The van der Waals surface area contributed by atoms with Gasteiger partial charge in [0.25, 0.3) is 11.8 Å². The Kier molecular flexibility index (Phi) is 10.1. The molecular weight excluding hydrogens is 644 g/mol. The fourth-order valence-electron chi connectivity index (χ4n) is 5.27. The quantitative estimate of drug-likeness (QED) is 0.173. The Morgan fingerprint density at radius 3 is 2.11 bits per heavy atom. The highest BCUT2D eigenvalue weighted by Crippen LogP contribution is 2.41. The fraction of sp³-hybridized carbons (Fsp3) is 0.429. The van der Waals surface area contributed by atoms with Crippen LogP contribution in [0.5, 0.6) is 0 Å². The number of amides is 1. The number of alkyl halides is 5. The van der Waals surface area contributed by atoms with Crippen molar-refractivity contribution in [2.24, 2.45) is 5.92 Å². The molecule has 7 nitrogen and oxygen atoms in total. The number of benzene rings is 1. The molecule has 0 bridgehead atoms. The maximum Gasteiger partial charge on any atom is 0.433 e. The van der Waals surface area contributed by atoms with E-state index in [0.717, 1.165) is 24.5 Å². The van der Waals surface area contributed by atoms with Gasteiger partial charge < -0.3 is 9.64 Å². The molecule has 1 saturated carbocycles. The molecule has 238 valence electrons. The van der Waals surface area contributed by atoms with Crippen LogP contribution in [0.3, 0.4) is 0 Å². The van der Waals surface area contributed by atoms with Crippen molar-refractivity contribution < 1.29 is 45.1 Å². The summed E-state index contributed by atoms with van der Waals surface area (Å²) < 4.78 is 108. The molecule has 0 atom stereocenters. The van der Waals surface area contributed by atoms with Gasteiger partial charge in [-0.1, -0.05) is 23.2 Å². The second kappa shape index (κ2) is 13.3. The van der Waals surface area contributed by atoms with Crippen molar-refractivity contribution in [1.29, 1.82) is 0 Å². The van der Waals surface area contributed by atoms with Gasteiger partial charge in [0, 0.05) is 25.0 Å². The predicted octanol–water partition coefficient (Wildman–Crippen LogP) is 7.61. The standard InChI is InChI=1S/C28H25Cl2F7N4O3/c1-2-44-26(43)16-3-5-19(6-4-16)41-24(28(35,36)37)20(10-39-41)25(42)40(13-15-7-17(31)9-18(32)8-15)14-27(33,34)23-21(29)11-38-12-22(23)30/h7-12,16,19H,2-6,13-14H2,1H3. The molecule has 0 N–H and O–H groups in total. The summed E-state index contributed by atoms with van der Waals surface area (Å²) in [7, 11) is 0. The van der Waals surface area contributed by atoms with Crippen molar-refractivity contribution in [1.82, 2.24) is 19.7 Å². The van der Waals surface area contributed by atoms with E-state index >= 15 is 8.78 Å². The first-order valence-electron chi connectivity index (χ1n) is 13.3. The molecule has 1 aromatic carbocycles. The zero-order valence-corrected chi connectivity index (χ0v) is 24.5. The van der Waals surface area contributed by atoms with Crippen LogP contribution in [0.1, 0.15) is 65.8 Å². The van der Waals surface area contributed by atoms with E-state index in [0.29, 0.717) is 21.8 Å². The summed E-state index contributed by atoms with van der Waals surface area (Å²) in [6.07, 6.45) is -2.18. The number of esters is 1. The van der Waals surface area contributed by atoms with Crippen molar-refractivity contribution in [3.05, 3.63) is 80.9 Å². The molecule has 0 radical (unpaired) electrons. The van der Waals surface area contributed by atoms with Crippen LogP contribution in [0.15, 0.2) is 36.8 Å². The second-order valence-corrected chi connectivity index (χ2v) is 11.0. The highest BCUT2D eigenvalue weighted by Gasteiger charge is 2.45. The molecule has 4 rings (SSSR count). The van der Waals surface area contributed by atoms with E-state index in [4.69, 9.17) is 27.9 Å². The molecule has 16 heteroatoms. The Morgan fingerprint density at radius 2 is 1.57 bits per heavy atom. The van der Waals surface area contributed by atoms with Crippen LogP contribution in [0.4, 0.5) is 30.7 Å². The maximum absolute atomic E-state index is 15.6. The number of halogens is 9. The summed E-state index contributed by atoms with van der Waals surface area (Å²) >= 11 is 11.8. The summed E-state index contributed by atoms with van der Waals surface area (Å²) in [6, 6.07) is 1.15. The van der Waals surface area contributed by atoms with Gasteiger partial charge in [-0.15, -0.1) is 0 Å². The van der Waals surface area contributed by atoms with Crippen molar-refractivity contribution in [2.75, 3.05) is 13.2 Å². The topological polar surface area (TPSA) is 77.3 Å². The first kappa shape index (κ1) is 33.5. The maximum atomic E-state index is 15.6. The average Bonchev–Trinajstić information content (AvgIpc) is 3.38. The number of hydrogen-bond acceptors (Lipinski definition) is 5. The van der Waals surface area contributed by atoms with Gasteiger partial charge >= 0.3 is 12.1 Å². The lowest BCUT2D eigenvalue weighted by Gasteiger charge is -2.30. The van der Waals surface area contributed by atoms with Gasteiger partial charge in [0.1, 0.15) is 11.6 Å². The lowest BCUT2D eigenvalue weighted by Crippen LogP contribution is -2.40. The minimum absolute atomic E-state index is 0.102. The molecule has 1 fully saturated rings. The van der Waals surface area contributed by atoms with Crippen LogP contribution in [-0.4, -0.2) is 44.7 Å². The van der Waals surface area contributed by atoms with Crippen LogP contribution >= 0.6 is 23.2 Å². The number of carbonyl (C=O) groups excluding carboxylic acids is 2. The van der Waals surface area contributed by atoms with E-state index in [1.807, 2.05) is 0 Å². The van der Waals surface area contributed by atoms with Gasteiger partial charge in [-0.3, -0.25) is 19.3 Å². The predicted molar refractivity (Wildman–Crippen MR) is 144 cm³/mol. The Hall–Kier alpha value is -3.39. The number of hydrogen-bond donors (Lipinski definition) is 0. The third-order valence-electron chi connectivity index (χ3n) is 7.15. The van der Waals surface area contributed by atoms with E-state index in [1.165, 1.54) is 0 Å². The third-order valence-corrected chi connectivity index (χ3v) is 7.72. The molecule has 3 aromatic rings. The van der Waals surface area contributed by atoms with Gasteiger partial charge in [-0.25, -0.2) is 8.78 Å². The fourth-order valence-corrected chi connectivity index (χ4v) is 5.91. The number of ether oxygens (including phenoxy) is 1. The lowest BCUT2D eigenvalue weighted by atomic mass is 9.86. The third kappa shape index (κ3) is 7.45. The molecule has 0 saturated heterocycles. The van der Waals surface area contributed by atoms with Crippen molar-refractivity contribution in [2.45, 2.75) is 57.3 Å². The SMILES string of the molecule is CCOC(=O)C1CCC(n2ncc(C(=O)N(Cc3cc(F)cc(F)c3)CC(F)(F)c3c(Cl)cncc3Cl)c2C(F)(F)F)CC1. The molecule has 1 aliphatic rings. The number of aromatic nitrogens is 3. The van der Waals surface area contributed by atoms with Crippen molar-refractivity contribution in [3.63, 3.8) is 0 Å².